The van der Waals surface area contributed by atoms with Crippen LogP contribution < -0.4 is 0 Å². The fraction of sp³-hybridized carbons (Fsp3) is 0.438. The Morgan fingerprint density at radius 1 is 1.05 bits per heavy atom. The third-order valence-electron chi connectivity index (χ3n) is 3.77. The minimum atomic E-state index is -0.258. The van der Waals surface area contributed by atoms with Gasteiger partial charge in [0, 0.05) is 26.1 Å². The molecule has 5 heteroatoms. The summed E-state index contributed by atoms with van der Waals surface area (Å²) in [4.78, 5) is 39.2. The summed E-state index contributed by atoms with van der Waals surface area (Å²) in [5.41, 5.74) is 0.912. The van der Waals surface area contributed by atoms with Gasteiger partial charge in [0.2, 0.25) is 5.91 Å². The minimum absolute atomic E-state index is 0.0663. The van der Waals surface area contributed by atoms with Crippen molar-refractivity contribution >= 4 is 17.7 Å². The highest BCUT2D eigenvalue weighted by Gasteiger charge is 2.34. The van der Waals surface area contributed by atoms with Crippen molar-refractivity contribution in [3.63, 3.8) is 0 Å². The van der Waals surface area contributed by atoms with Gasteiger partial charge in [-0.1, -0.05) is 12.1 Å². The van der Waals surface area contributed by atoms with E-state index >= 15 is 0 Å². The molecule has 2 rings (SSSR count). The zero-order valence-electron chi connectivity index (χ0n) is 12.5. The summed E-state index contributed by atoms with van der Waals surface area (Å²) in [5, 5.41) is 0. The van der Waals surface area contributed by atoms with Crippen LogP contribution in [0.15, 0.2) is 24.3 Å². The third kappa shape index (κ3) is 2.96. The lowest BCUT2D eigenvalue weighted by Gasteiger charge is -2.19. The van der Waals surface area contributed by atoms with Gasteiger partial charge in [-0.3, -0.25) is 19.3 Å². The molecule has 0 spiro atoms. The van der Waals surface area contributed by atoms with Gasteiger partial charge >= 0.3 is 0 Å². The van der Waals surface area contributed by atoms with Crippen molar-refractivity contribution in [1.82, 2.24) is 9.80 Å². The van der Waals surface area contributed by atoms with Gasteiger partial charge in [-0.25, -0.2) is 0 Å². The quantitative estimate of drug-likeness (QED) is 0.752. The van der Waals surface area contributed by atoms with Gasteiger partial charge in [0.15, 0.2) is 0 Å². The lowest BCUT2D eigenvalue weighted by molar-refractivity contribution is -0.130. The van der Waals surface area contributed by atoms with Gasteiger partial charge in [-0.2, -0.15) is 0 Å². The van der Waals surface area contributed by atoms with Gasteiger partial charge in [-0.15, -0.1) is 0 Å². The molecule has 3 amide bonds. The zero-order valence-corrected chi connectivity index (χ0v) is 12.5. The van der Waals surface area contributed by atoms with E-state index in [1.807, 2.05) is 13.8 Å². The molecule has 5 nitrogen and oxygen atoms in total. The van der Waals surface area contributed by atoms with E-state index in [0.717, 1.165) is 0 Å². The van der Waals surface area contributed by atoms with E-state index < -0.39 is 0 Å². The number of hydrogen-bond acceptors (Lipinski definition) is 3. The molecule has 0 N–H and O–H groups in total. The molecular weight excluding hydrogens is 268 g/mol. The van der Waals surface area contributed by atoms with Crippen LogP contribution in [0.3, 0.4) is 0 Å². The summed E-state index contributed by atoms with van der Waals surface area (Å²) in [6.07, 6.45) is 0.857. The topological polar surface area (TPSA) is 57.7 Å². The Hall–Kier alpha value is -2.17. The molecule has 112 valence electrons. The number of rotatable bonds is 6. The first-order valence-corrected chi connectivity index (χ1v) is 7.33. The molecule has 1 aliphatic heterocycles. The second kappa shape index (κ2) is 6.52. The Morgan fingerprint density at radius 3 is 2.05 bits per heavy atom. The number of hydrogen-bond donors (Lipinski definition) is 0. The molecule has 1 aromatic carbocycles. The average molecular weight is 288 g/mol. The van der Waals surface area contributed by atoms with Crippen molar-refractivity contribution in [2.75, 3.05) is 19.6 Å². The molecule has 0 saturated carbocycles. The number of carbonyl (C=O) groups is 3. The Labute approximate surface area is 124 Å². The first-order chi connectivity index (χ1) is 10.1. The predicted molar refractivity (Wildman–Crippen MR) is 79.0 cm³/mol. The Bertz CT molecular complexity index is 529. The fourth-order valence-corrected chi connectivity index (χ4v) is 2.57. The van der Waals surface area contributed by atoms with Crippen LogP contribution in [-0.2, 0) is 4.79 Å². The Kier molecular flexibility index (Phi) is 4.73. The van der Waals surface area contributed by atoms with Crippen LogP contribution in [0.4, 0.5) is 0 Å². The molecule has 0 unspecified atom stereocenters. The molecule has 21 heavy (non-hydrogen) atoms. The largest absolute Gasteiger partial charge is 0.343 e. The smallest absolute Gasteiger partial charge is 0.261 e. The second-order valence-electron chi connectivity index (χ2n) is 4.98. The molecule has 1 aromatic rings. The minimum Gasteiger partial charge on any atom is -0.343 e. The number of imide groups is 1. The van der Waals surface area contributed by atoms with Crippen molar-refractivity contribution in [3.05, 3.63) is 35.4 Å². The van der Waals surface area contributed by atoms with Crippen LogP contribution >= 0.6 is 0 Å². The molecular formula is C16H20N2O3. The van der Waals surface area contributed by atoms with Crippen LogP contribution in [0.1, 0.15) is 47.4 Å². The number of amides is 3. The number of benzene rings is 1. The first-order valence-electron chi connectivity index (χ1n) is 7.33. The lowest BCUT2D eigenvalue weighted by atomic mass is 10.1. The third-order valence-corrected chi connectivity index (χ3v) is 3.77. The number of nitrogens with zero attached hydrogens (tertiary/aromatic N) is 2. The van der Waals surface area contributed by atoms with E-state index in [0.29, 0.717) is 43.6 Å². The zero-order chi connectivity index (χ0) is 15.4. The molecule has 1 heterocycles. The van der Waals surface area contributed by atoms with Crippen molar-refractivity contribution in [2.24, 2.45) is 0 Å². The van der Waals surface area contributed by atoms with Gasteiger partial charge in [-0.05, 0) is 32.4 Å². The van der Waals surface area contributed by atoms with Crippen LogP contribution in [0, 0.1) is 0 Å². The summed E-state index contributed by atoms with van der Waals surface area (Å²) in [6, 6.07) is 6.82. The summed E-state index contributed by atoms with van der Waals surface area (Å²) in [7, 11) is 0. The first kappa shape index (κ1) is 15.2. The maximum atomic E-state index is 12.1. The summed E-state index contributed by atoms with van der Waals surface area (Å²) in [5.74, 6) is -0.451. The number of carbonyl (C=O) groups excluding carboxylic acids is 3. The fourth-order valence-electron chi connectivity index (χ4n) is 2.57. The molecule has 1 aliphatic rings. The molecule has 0 radical (unpaired) electrons. The SMILES string of the molecule is CCN(CC)C(=O)CCCN1C(=O)c2ccccc2C1=O. The van der Waals surface area contributed by atoms with Crippen LogP contribution in [0.25, 0.3) is 0 Å². The molecule has 0 bridgehead atoms. The highest BCUT2D eigenvalue weighted by Crippen LogP contribution is 2.22. The van der Waals surface area contributed by atoms with E-state index in [1.165, 1.54) is 4.90 Å². The molecule has 0 fully saturated rings. The van der Waals surface area contributed by atoms with Crippen molar-refractivity contribution < 1.29 is 14.4 Å². The highest BCUT2D eigenvalue weighted by atomic mass is 16.2. The maximum absolute atomic E-state index is 12.1. The van der Waals surface area contributed by atoms with Crippen molar-refractivity contribution in [3.8, 4) is 0 Å². The number of fused-ring (bicyclic) bond motifs is 1. The standard InChI is InChI=1S/C16H20N2O3/c1-3-17(4-2)14(19)10-7-11-18-15(20)12-8-5-6-9-13(12)16(18)21/h5-6,8-9H,3-4,7,10-11H2,1-2H3. The van der Waals surface area contributed by atoms with Gasteiger partial charge in [0.25, 0.3) is 11.8 Å². The monoisotopic (exact) mass is 288 g/mol. The average Bonchev–Trinajstić information content (AvgIpc) is 2.74. The maximum Gasteiger partial charge on any atom is 0.261 e. The molecule has 0 aromatic heterocycles. The summed E-state index contributed by atoms with van der Waals surface area (Å²) >= 11 is 0. The summed E-state index contributed by atoms with van der Waals surface area (Å²) < 4.78 is 0. The summed E-state index contributed by atoms with van der Waals surface area (Å²) in [6.45, 7) is 5.53. The van der Waals surface area contributed by atoms with Crippen LogP contribution in [0.2, 0.25) is 0 Å². The van der Waals surface area contributed by atoms with Crippen molar-refractivity contribution in [1.29, 1.82) is 0 Å². The second-order valence-corrected chi connectivity index (χ2v) is 4.98. The van der Waals surface area contributed by atoms with E-state index in [9.17, 15) is 14.4 Å². The molecule has 0 atom stereocenters. The van der Waals surface area contributed by atoms with E-state index in [1.54, 1.807) is 29.2 Å². The Balaban J connectivity index is 1.93. The van der Waals surface area contributed by atoms with Crippen molar-refractivity contribution in [2.45, 2.75) is 26.7 Å². The predicted octanol–water partition coefficient (Wildman–Crippen LogP) is 1.93. The van der Waals surface area contributed by atoms with Gasteiger partial charge < -0.3 is 4.90 Å². The molecule has 0 saturated heterocycles. The molecule has 0 aliphatic carbocycles. The van der Waals surface area contributed by atoms with Crippen LogP contribution in [-0.4, -0.2) is 47.2 Å². The van der Waals surface area contributed by atoms with E-state index in [4.69, 9.17) is 0 Å². The van der Waals surface area contributed by atoms with Gasteiger partial charge in [0.1, 0.15) is 0 Å². The lowest BCUT2D eigenvalue weighted by Crippen LogP contribution is -2.33. The van der Waals surface area contributed by atoms with E-state index in [-0.39, 0.29) is 17.7 Å². The van der Waals surface area contributed by atoms with E-state index in [2.05, 4.69) is 0 Å². The Morgan fingerprint density at radius 2 is 1.57 bits per heavy atom. The van der Waals surface area contributed by atoms with Gasteiger partial charge in [0.05, 0.1) is 11.1 Å². The van der Waals surface area contributed by atoms with Crippen LogP contribution in [0.5, 0.6) is 0 Å². The normalized spacial score (nSPS) is 13.5. The highest BCUT2D eigenvalue weighted by molar-refractivity contribution is 6.21.